The lowest BCUT2D eigenvalue weighted by Gasteiger charge is -2.27. The molecule has 2 bridgehead atoms. The zero-order valence-corrected chi connectivity index (χ0v) is 33.0. The standard InChI is InChI=1S/C50H46N8/c1-4-51-46-34-42(57(38-21-10-6-11-22-38)39-23-12-7-13-24-39)29-31-44(46)49-53-36(3)19-18-20-37-33-48(55-49)56-50(54-37)45-32-30-43(35-47(45)52-5-2)58(40-25-14-8-15-26-40)41-27-16-9-17-28-41/h6-32,34-35,51-52H,4-5,33H2,1-3H3/b19-18-,20-18?,36-19?,37-20+,53-36+,53-49?,55-48?,55-49-. The van der Waals surface area contributed by atoms with Crippen LogP contribution in [0.2, 0.25) is 0 Å². The number of para-hydroxylation sites is 4. The Morgan fingerprint density at radius 3 is 1.34 bits per heavy atom. The molecule has 2 N–H and O–H groups in total. The summed E-state index contributed by atoms with van der Waals surface area (Å²) in [4.78, 5) is 25.1. The second-order valence-corrected chi connectivity index (χ2v) is 13.9. The van der Waals surface area contributed by atoms with Gasteiger partial charge in [0.25, 0.3) is 0 Å². The van der Waals surface area contributed by atoms with E-state index < -0.39 is 0 Å². The highest BCUT2D eigenvalue weighted by atomic mass is 15.2. The fourth-order valence-electron chi connectivity index (χ4n) is 7.18. The van der Waals surface area contributed by atoms with Crippen LogP contribution in [-0.4, -0.2) is 36.3 Å². The van der Waals surface area contributed by atoms with Gasteiger partial charge in [-0.1, -0.05) is 78.9 Å². The Hall–Kier alpha value is -7.32. The maximum absolute atomic E-state index is 5.23. The molecule has 8 nitrogen and oxygen atoms in total. The Kier molecular flexibility index (Phi) is 11.4. The summed E-state index contributed by atoms with van der Waals surface area (Å²) in [7, 11) is 0. The quantitative estimate of drug-likeness (QED) is 0.130. The van der Waals surface area contributed by atoms with Crippen LogP contribution in [0.4, 0.5) is 45.5 Å². The van der Waals surface area contributed by atoms with Crippen molar-refractivity contribution >= 4 is 68.7 Å². The third kappa shape index (κ3) is 8.41. The molecule has 58 heavy (non-hydrogen) atoms. The van der Waals surface area contributed by atoms with Crippen LogP contribution in [-0.2, 0) is 0 Å². The lowest BCUT2D eigenvalue weighted by molar-refractivity contribution is 1.14. The van der Waals surface area contributed by atoms with Crippen LogP contribution < -0.4 is 20.4 Å². The molecule has 0 aromatic heterocycles. The molecule has 0 spiro atoms. The second-order valence-electron chi connectivity index (χ2n) is 13.9. The average molecular weight is 759 g/mol. The number of hydrogen-bond donors (Lipinski definition) is 2. The van der Waals surface area contributed by atoms with Crippen molar-refractivity contribution in [2.24, 2.45) is 20.0 Å². The number of allylic oxidation sites excluding steroid dienone is 3. The molecule has 6 aromatic rings. The van der Waals surface area contributed by atoms with E-state index in [1.807, 2.05) is 49.4 Å². The molecule has 0 saturated carbocycles. The molecule has 8 heteroatoms. The number of anilines is 8. The van der Waals surface area contributed by atoms with E-state index in [1.54, 1.807) is 0 Å². The normalized spacial score (nSPS) is 16.8. The van der Waals surface area contributed by atoms with E-state index in [0.29, 0.717) is 23.9 Å². The summed E-state index contributed by atoms with van der Waals surface area (Å²) < 4.78 is 0. The highest BCUT2D eigenvalue weighted by Crippen LogP contribution is 2.39. The van der Waals surface area contributed by atoms with Gasteiger partial charge in [-0.15, -0.1) is 0 Å². The molecule has 2 heterocycles. The molecule has 2 aliphatic rings. The third-order valence-corrected chi connectivity index (χ3v) is 9.76. The van der Waals surface area contributed by atoms with Gasteiger partial charge in [-0.25, -0.2) is 20.0 Å². The highest BCUT2D eigenvalue weighted by molar-refractivity contribution is 6.19. The van der Waals surface area contributed by atoms with Crippen LogP contribution in [0.25, 0.3) is 0 Å². The Bertz CT molecular complexity index is 2480. The van der Waals surface area contributed by atoms with Crippen LogP contribution in [0.3, 0.4) is 0 Å². The molecule has 0 unspecified atom stereocenters. The zero-order valence-electron chi connectivity index (χ0n) is 33.0. The Balaban J connectivity index is 1.21. The minimum atomic E-state index is 0.473. The summed E-state index contributed by atoms with van der Waals surface area (Å²) in [5.74, 6) is 1.82. The van der Waals surface area contributed by atoms with Crippen molar-refractivity contribution in [2.45, 2.75) is 27.2 Å². The summed E-state index contributed by atoms with van der Waals surface area (Å²) in [6.45, 7) is 7.65. The van der Waals surface area contributed by atoms with Gasteiger partial charge in [-0.05, 0) is 118 Å². The summed E-state index contributed by atoms with van der Waals surface area (Å²) in [6, 6.07) is 54.5. The molecule has 2 aliphatic heterocycles. The van der Waals surface area contributed by atoms with Crippen molar-refractivity contribution in [1.82, 2.24) is 0 Å². The highest BCUT2D eigenvalue weighted by Gasteiger charge is 2.22. The molecular formula is C50H46N8. The maximum atomic E-state index is 5.23. The molecule has 0 atom stereocenters. The van der Waals surface area contributed by atoms with Crippen LogP contribution in [0.15, 0.2) is 202 Å². The van der Waals surface area contributed by atoms with Gasteiger partial charge in [0, 0.05) is 75.4 Å². The van der Waals surface area contributed by atoms with Crippen LogP contribution in [0.5, 0.6) is 0 Å². The third-order valence-electron chi connectivity index (χ3n) is 9.76. The number of nitrogens with zero attached hydrogens (tertiary/aromatic N) is 6. The Morgan fingerprint density at radius 2 is 0.914 bits per heavy atom. The monoisotopic (exact) mass is 758 g/mol. The van der Waals surface area contributed by atoms with Crippen molar-refractivity contribution in [1.29, 1.82) is 0 Å². The van der Waals surface area contributed by atoms with Crippen molar-refractivity contribution in [3.63, 3.8) is 0 Å². The van der Waals surface area contributed by atoms with E-state index >= 15 is 0 Å². The zero-order chi connectivity index (χ0) is 39.7. The number of amidine groups is 3. The van der Waals surface area contributed by atoms with Gasteiger partial charge in [-0.2, -0.15) is 0 Å². The Labute approximate surface area is 341 Å². The van der Waals surface area contributed by atoms with Crippen molar-refractivity contribution < 1.29 is 0 Å². The summed E-state index contributed by atoms with van der Waals surface area (Å²) in [6.07, 6.45) is 6.52. The van der Waals surface area contributed by atoms with Gasteiger partial charge in [-0.3, -0.25) is 0 Å². The summed E-state index contributed by atoms with van der Waals surface area (Å²) in [5.41, 5.74) is 11.7. The molecular weight excluding hydrogens is 713 g/mol. The van der Waals surface area contributed by atoms with E-state index in [0.717, 1.165) is 81.1 Å². The van der Waals surface area contributed by atoms with Crippen LogP contribution >= 0.6 is 0 Å². The molecule has 6 aromatic carbocycles. The second kappa shape index (κ2) is 17.6. The van der Waals surface area contributed by atoms with E-state index in [2.05, 4.69) is 168 Å². The summed E-state index contributed by atoms with van der Waals surface area (Å²) >= 11 is 0. The van der Waals surface area contributed by atoms with Gasteiger partial charge in [0.2, 0.25) is 0 Å². The van der Waals surface area contributed by atoms with Crippen molar-refractivity contribution in [3.8, 4) is 0 Å². The smallest absolute Gasteiger partial charge is 0.163 e. The lowest BCUT2D eigenvalue weighted by Crippen LogP contribution is -2.17. The average Bonchev–Trinajstić information content (AvgIpc) is 3.25. The number of benzene rings is 6. The van der Waals surface area contributed by atoms with Crippen LogP contribution in [0, 0.1) is 0 Å². The SMILES string of the molecule is CCNc1cc(N(c2ccccc2)c2ccccc2)ccc1C1=N/C2=C/C=C\C(C)=N\C(c3ccc(N(c4ccccc4)c4ccccc4)cc3NCC)=N/C(=N1)C2. The van der Waals surface area contributed by atoms with Crippen LogP contribution in [0.1, 0.15) is 38.3 Å². The predicted molar refractivity (Wildman–Crippen MR) is 246 cm³/mol. The first kappa shape index (κ1) is 37.6. The molecule has 0 aliphatic carbocycles. The number of nitrogens with one attached hydrogen (secondary N) is 2. The predicted octanol–water partition coefficient (Wildman–Crippen LogP) is 12.4. The number of hydrogen-bond acceptors (Lipinski definition) is 8. The van der Waals surface area contributed by atoms with Crippen molar-refractivity contribution in [2.75, 3.05) is 33.5 Å². The Morgan fingerprint density at radius 1 is 0.483 bits per heavy atom. The minimum absolute atomic E-state index is 0.473. The number of rotatable bonds is 12. The first-order chi connectivity index (χ1) is 28.6. The topological polar surface area (TPSA) is 80.0 Å². The van der Waals surface area contributed by atoms with Gasteiger partial charge >= 0.3 is 0 Å². The van der Waals surface area contributed by atoms with Crippen molar-refractivity contribution in [3.05, 3.63) is 193 Å². The van der Waals surface area contributed by atoms with E-state index in [1.165, 1.54) is 0 Å². The van der Waals surface area contributed by atoms with Gasteiger partial charge < -0.3 is 20.4 Å². The molecule has 0 saturated heterocycles. The maximum Gasteiger partial charge on any atom is 0.163 e. The first-order valence-electron chi connectivity index (χ1n) is 19.8. The fourth-order valence-corrected chi connectivity index (χ4v) is 7.18. The van der Waals surface area contributed by atoms with E-state index in [-0.39, 0.29) is 0 Å². The minimum Gasteiger partial charge on any atom is -0.385 e. The first-order valence-corrected chi connectivity index (χ1v) is 19.8. The molecule has 8 rings (SSSR count). The van der Waals surface area contributed by atoms with Gasteiger partial charge in [0.1, 0.15) is 5.84 Å². The van der Waals surface area contributed by atoms with Gasteiger partial charge in [0.15, 0.2) is 11.7 Å². The molecule has 0 amide bonds. The molecule has 0 radical (unpaired) electrons. The number of fused-ring (bicyclic) bond motifs is 2. The van der Waals surface area contributed by atoms with E-state index in [4.69, 9.17) is 20.0 Å². The van der Waals surface area contributed by atoms with E-state index in [9.17, 15) is 0 Å². The largest absolute Gasteiger partial charge is 0.385 e. The lowest BCUT2D eigenvalue weighted by atomic mass is 10.1. The molecule has 0 fully saturated rings. The molecule has 286 valence electrons. The fraction of sp³-hybridized carbons (Fsp3) is 0.120. The van der Waals surface area contributed by atoms with Gasteiger partial charge in [0.05, 0.1) is 12.1 Å². The number of aliphatic imine (C=N–C) groups is 4. The summed E-state index contributed by atoms with van der Waals surface area (Å²) in [5, 5.41) is 7.23.